The van der Waals surface area contributed by atoms with Crippen LogP contribution in [0.1, 0.15) is 56.1 Å². The van der Waals surface area contributed by atoms with Crippen LogP contribution in [-0.4, -0.2) is 62.4 Å². The van der Waals surface area contributed by atoms with Crippen LogP contribution in [0.2, 0.25) is 0 Å². The molecule has 3 atom stereocenters. The number of benzene rings is 1. The topological polar surface area (TPSA) is 113 Å². The number of thioether (sulfide) groups is 1. The quantitative estimate of drug-likeness (QED) is 0.485. The highest BCUT2D eigenvalue weighted by Gasteiger charge is 2.74. The molecule has 0 aromatic heterocycles. The van der Waals surface area contributed by atoms with E-state index in [-0.39, 0.29) is 5.56 Å². The standard InChI is InChI=1S/C22H28N2O6S/c1-7-12-9-13(8-2)15(14(10-12)30-6)17(26)23-22(11(3)25)19(29)24-16(18(27)28)21(4,5)31-20(22)24/h9-10,16,20H,7-8H2,1-6H3,(H,23,26)(H,27,28)/t16-,20+,22-/m0/s1. The van der Waals surface area contributed by atoms with Crippen molar-refractivity contribution in [2.24, 2.45) is 0 Å². The third-order valence-electron chi connectivity index (χ3n) is 6.13. The molecule has 0 bridgehead atoms. The van der Waals surface area contributed by atoms with Crippen LogP contribution in [0.5, 0.6) is 5.75 Å². The number of rotatable bonds is 7. The lowest BCUT2D eigenvalue weighted by Gasteiger charge is -2.51. The molecule has 31 heavy (non-hydrogen) atoms. The number of nitrogens with zero attached hydrogens (tertiary/aromatic N) is 1. The van der Waals surface area contributed by atoms with E-state index >= 15 is 0 Å². The fourth-order valence-corrected chi connectivity index (χ4v) is 6.22. The third-order valence-corrected chi connectivity index (χ3v) is 7.76. The number of fused-ring (bicyclic) bond motifs is 1. The lowest BCUT2D eigenvalue weighted by Crippen LogP contribution is -2.82. The normalized spacial score (nSPS) is 26.1. The molecule has 9 heteroatoms. The molecular weight excluding hydrogens is 420 g/mol. The molecule has 1 aromatic rings. The first kappa shape index (κ1) is 23.1. The Morgan fingerprint density at radius 2 is 1.87 bits per heavy atom. The van der Waals surface area contributed by atoms with E-state index in [4.69, 9.17) is 4.74 Å². The summed E-state index contributed by atoms with van der Waals surface area (Å²) in [6, 6.07) is 2.61. The van der Waals surface area contributed by atoms with Crippen molar-refractivity contribution < 1.29 is 29.0 Å². The van der Waals surface area contributed by atoms with Crippen LogP contribution in [0, 0.1) is 0 Å². The van der Waals surface area contributed by atoms with Gasteiger partial charge in [-0.15, -0.1) is 11.8 Å². The Morgan fingerprint density at radius 1 is 1.23 bits per heavy atom. The Balaban J connectivity index is 2.03. The lowest BCUT2D eigenvalue weighted by molar-refractivity contribution is -0.170. The van der Waals surface area contributed by atoms with Crippen LogP contribution in [0.25, 0.3) is 0 Å². The van der Waals surface area contributed by atoms with E-state index in [9.17, 15) is 24.3 Å². The lowest BCUT2D eigenvalue weighted by atomic mass is 9.81. The molecule has 2 heterocycles. The van der Waals surface area contributed by atoms with E-state index in [2.05, 4.69) is 5.32 Å². The summed E-state index contributed by atoms with van der Waals surface area (Å²) in [5, 5.41) is 11.5. The molecule has 2 aliphatic heterocycles. The Labute approximate surface area is 185 Å². The van der Waals surface area contributed by atoms with Gasteiger partial charge in [-0.25, -0.2) is 4.79 Å². The van der Waals surface area contributed by atoms with Crippen molar-refractivity contribution in [2.75, 3.05) is 7.11 Å². The number of nitrogens with one attached hydrogen (secondary N) is 1. The molecule has 2 saturated heterocycles. The van der Waals surface area contributed by atoms with Crippen molar-refractivity contribution in [1.82, 2.24) is 10.2 Å². The van der Waals surface area contributed by atoms with E-state index in [1.54, 1.807) is 19.9 Å². The first-order valence-corrected chi connectivity index (χ1v) is 11.1. The number of aliphatic carboxylic acids is 1. The molecule has 3 rings (SSSR count). The largest absolute Gasteiger partial charge is 0.496 e. The fourth-order valence-electron chi connectivity index (χ4n) is 4.47. The van der Waals surface area contributed by atoms with Gasteiger partial charge in [0.15, 0.2) is 5.78 Å². The molecule has 0 unspecified atom stereocenters. The Hall–Kier alpha value is -2.55. The summed E-state index contributed by atoms with van der Waals surface area (Å²) in [5.41, 5.74) is 0.239. The van der Waals surface area contributed by atoms with Crippen molar-refractivity contribution in [3.05, 3.63) is 28.8 Å². The predicted molar refractivity (Wildman–Crippen MR) is 116 cm³/mol. The smallest absolute Gasteiger partial charge is 0.327 e. The maximum Gasteiger partial charge on any atom is 0.327 e. The van der Waals surface area contributed by atoms with Gasteiger partial charge in [-0.1, -0.05) is 19.9 Å². The van der Waals surface area contributed by atoms with Crippen LogP contribution < -0.4 is 10.1 Å². The van der Waals surface area contributed by atoms with Gasteiger partial charge in [-0.3, -0.25) is 14.4 Å². The minimum absolute atomic E-state index is 0.283. The first-order valence-electron chi connectivity index (χ1n) is 10.2. The average Bonchev–Trinajstić information content (AvgIpc) is 2.98. The summed E-state index contributed by atoms with van der Waals surface area (Å²) in [6.45, 7) is 8.59. The third kappa shape index (κ3) is 3.30. The number of methoxy groups -OCH3 is 1. The molecule has 8 nitrogen and oxygen atoms in total. The predicted octanol–water partition coefficient (Wildman–Crippen LogP) is 2.02. The Morgan fingerprint density at radius 3 is 2.35 bits per heavy atom. The first-order chi connectivity index (χ1) is 14.5. The summed E-state index contributed by atoms with van der Waals surface area (Å²) in [5.74, 6) is -2.56. The average molecular weight is 449 g/mol. The minimum Gasteiger partial charge on any atom is -0.496 e. The molecule has 2 amide bonds. The minimum atomic E-state index is -1.80. The number of carbonyl (C=O) groups is 4. The van der Waals surface area contributed by atoms with E-state index in [0.29, 0.717) is 12.2 Å². The number of ether oxygens (including phenoxy) is 1. The van der Waals surface area contributed by atoms with Gasteiger partial charge in [0.05, 0.1) is 12.7 Å². The van der Waals surface area contributed by atoms with Crippen LogP contribution >= 0.6 is 11.8 Å². The molecule has 0 aliphatic carbocycles. The Kier molecular flexibility index (Phi) is 5.86. The number of carbonyl (C=O) groups excluding carboxylic acids is 3. The monoisotopic (exact) mass is 448 g/mol. The van der Waals surface area contributed by atoms with Gasteiger partial charge < -0.3 is 20.1 Å². The summed E-state index contributed by atoms with van der Waals surface area (Å²) in [6.07, 6.45) is 1.33. The molecule has 2 N–H and O–H groups in total. The number of aryl methyl sites for hydroxylation is 2. The van der Waals surface area contributed by atoms with Gasteiger partial charge in [-0.05, 0) is 50.8 Å². The molecular formula is C22H28N2O6S. The molecule has 2 aliphatic rings. The van der Waals surface area contributed by atoms with Crippen LogP contribution in [0.3, 0.4) is 0 Å². The van der Waals surface area contributed by atoms with Crippen LogP contribution in [0.4, 0.5) is 0 Å². The number of carboxylic acid groups (broad SMARTS) is 1. The highest BCUT2D eigenvalue weighted by molar-refractivity contribution is 8.01. The highest BCUT2D eigenvalue weighted by Crippen LogP contribution is 2.55. The number of ketones is 1. The van der Waals surface area contributed by atoms with Crippen molar-refractivity contribution in [2.45, 2.75) is 69.2 Å². The maximum atomic E-state index is 13.4. The number of β-lactam (4-membered cyclic amide) rings is 1. The van der Waals surface area contributed by atoms with E-state index in [1.807, 2.05) is 19.9 Å². The SMILES string of the molecule is CCc1cc(CC)c(C(=O)N[C@@]2(C(C)=O)C(=O)N3[C@@H](C(=O)O)C(C)(C)S[C@@H]32)c(OC)c1. The second-order valence-electron chi connectivity index (χ2n) is 8.38. The van der Waals surface area contributed by atoms with Gasteiger partial charge in [0.2, 0.25) is 5.54 Å². The Bertz CT molecular complexity index is 950. The van der Waals surface area contributed by atoms with E-state index in [0.717, 1.165) is 17.5 Å². The van der Waals surface area contributed by atoms with Gasteiger partial charge in [0.25, 0.3) is 11.8 Å². The molecule has 0 spiro atoms. The number of hydrogen-bond acceptors (Lipinski definition) is 6. The van der Waals surface area contributed by atoms with Gasteiger partial charge in [-0.2, -0.15) is 0 Å². The zero-order valence-corrected chi connectivity index (χ0v) is 19.4. The zero-order valence-electron chi connectivity index (χ0n) is 18.6. The summed E-state index contributed by atoms with van der Waals surface area (Å²) in [4.78, 5) is 52.3. The van der Waals surface area contributed by atoms with Crippen molar-refractivity contribution in [3.63, 3.8) is 0 Å². The molecule has 1 aromatic carbocycles. The van der Waals surface area contributed by atoms with Crippen LogP contribution in [-0.2, 0) is 27.2 Å². The highest BCUT2D eigenvalue weighted by atomic mass is 32.2. The van der Waals surface area contributed by atoms with Gasteiger partial charge >= 0.3 is 5.97 Å². The fraction of sp³-hybridized carbons (Fsp3) is 0.545. The zero-order chi connectivity index (χ0) is 23.3. The number of carboxylic acids is 1. The number of hydrogen-bond donors (Lipinski definition) is 2. The number of Topliss-reactive ketones (excluding diaryl/α,β-unsaturated/α-hetero) is 1. The molecule has 168 valence electrons. The van der Waals surface area contributed by atoms with Crippen molar-refractivity contribution in [1.29, 1.82) is 0 Å². The van der Waals surface area contributed by atoms with E-state index < -0.39 is 45.3 Å². The molecule has 2 fully saturated rings. The number of amides is 2. The van der Waals surface area contributed by atoms with Gasteiger partial charge in [0, 0.05) is 4.75 Å². The summed E-state index contributed by atoms with van der Waals surface area (Å²) >= 11 is 1.21. The molecule has 0 radical (unpaired) electrons. The second-order valence-corrected chi connectivity index (χ2v) is 10.1. The van der Waals surface area contributed by atoms with Crippen molar-refractivity contribution >= 4 is 35.3 Å². The second kappa shape index (κ2) is 7.85. The van der Waals surface area contributed by atoms with E-state index in [1.165, 1.54) is 30.7 Å². The van der Waals surface area contributed by atoms with Gasteiger partial charge in [0.1, 0.15) is 17.2 Å². The van der Waals surface area contributed by atoms with Crippen LogP contribution in [0.15, 0.2) is 12.1 Å². The summed E-state index contributed by atoms with van der Waals surface area (Å²) in [7, 11) is 1.47. The molecule has 0 saturated carbocycles. The maximum absolute atomic E-state index is 13.4. The summed E-state index contributed by atoms with van der Waals surface area (Å²) < 4.78 is 4.63. The van der Waals surface area contributed by atoms with Crippen molar-refractivity contribution in [3.8, 4) is 5.75 Å².